The summed E-state index contributed by atoms with van der Waals surface area (Å²) in [6.45, 7) is -6.36. The maximum atomic E-state index is 13.1. The Morgan fingerprint density at radius 3 is 0.767 bits per heavy atom. The third-order valence-corrected chi connectivity index (χ3v) is 13.4. The fourth-order valence-electron chi connectivity index (χ4n) is 9.43. The van der Waals surface area contributed by atoms with Gasteiger partial charge in [-0.3, -0.25) is 9.59 Å². The first kappa shape index (κ1) is 58.5. The van der Waals surface area contributed by atoms with Crippen molar-refractivity contribution in [1.82, 2.24) is 0 Å². The van der Waals surface area contributed by atoms with Gasteiger partial charge in [0.05, 0.1) is 46.8 Å². The molecule has 22 aliphatic heterocycles. The predicted molar refractivity (Wildman–Crippen MR) is 216 cm³/mol. The van der Waals surface area contributed by atoms with Crippen LogP contribution in [0.4, 0.5) is 0 Å². The van der Waals surface area contributed by atoms with Crippen LogP contribution in [0.1, 0.15) is 6.42 Å². The van der Waals surface area contributed by atoms with E-state index in [2.05, 4.69) is 4.74 Å². The van der Waals surface area contributed by atoms with Crippen LogP contribution in [0.25, 0.3) is 0 Å². The standard InChI is InChI=1S/C40H64O33/c1-60-15(47)2-16(48)67-34-27(59)40-66-14(8-46)33(34)73-39-26(58)21(53)31(12(6-44)65-39)71-37-24(56)19(51)29(10(4-42)63-37)69-35-22(54)17(49)28(9(3-41)61-35)68-36-23(55)18(50)30(11(5-43)62-36)70-38-25(57)20(52)32(72-40)13(7-45)64-38/h9-14,17-46,49-59H,2-8H2,1H3/t9-,10-,11-,12-,13-,14-,17-,18-,19-,20-,21-,22-,23-,24-,25-,26-,27-,28-,29-,30-,31-,32-,33+,34-,35-,36-,37-,38-,39-,40-/m1/s1. The van der Waals surface area contributed by atoms with E-state index in [0.29, 0.717) is 0 Å². The predicted octanol–water partition coefficient (Wildman–Crippen LogP) is -12.9. The van der Waals surface area contributed by atoms with Crippen molar-refractivity contribution in [2.45, 2.75) is 191 Å². The van der Waals surface area contributed by atoms with Crippen LogP contribution >= 0.6 is 0 Å². The van der Waals surface area contributed by atoms with Gasteiger partial charge in [-0.2, -0.15) is 0 Å². The van der Waals surface area contributed by atoms with E-state index in [1.165, 1.54) is 0 Å². The van der Waals surface area contributed by atoms with Gasteiger partial charge < -0.3 is 153 Å². The molecule has 0 radical (unpaired) electrons. The third kappa shape index (κ3) is 12.0. The van der Waals surface area contributed by atoms with Crippen LogP contribution in [0.5, 0.6) is 0 Å². The average molecular weight is 1070 g/mol. The number of aliphatic hydroxyl groups excluding tert-OH is 17. The van der Waals surface area contributed by atoms with E-state index < -0.39 is 242 Å². The van der Waals surface area contributed by atoms with E-state index in [9.17, 15) is 96.4 Å². The Bertz CT molecular complexity index is 1760. The van der Waals surface area contributed by atoms with Crippen LogP contribution in [0.15, 0.2) is 0 Å². The zero-order chi connectivity index (χ0) is 53.3. The number of carbonyl (C=O) groups excluding carboxylic acids is 2. The monoisotopic (exact) mass is 1070 g/mol. The van der Waals surface area contributed by atoms with E-state index in [-0.39, 0.29) is 0 Å². The summed E-state index contributed by atoms with van der Waals surface area (Å²) in [6.07, 6.45) is -61.9. The molecule has 0 amide bonds. The average Bonchev–Trinajstić information content (AvgIpc) is 3.38. The second-order valence-corrected chi connectivity index (χ2v) is 18.1. The van der Waals surface area contributed by atoms with E-state index >= 15 is 0 Å². The molecule has 17 N–H and O–H groups in total. The minimum Gasteiger partial charge on any atom is -0.469 e. The third-order valence-electron chi connectivity index (χ3n) is 13.4. The Labute approximate surface area is 411 Å². The maximum absolute atomic E-state index is 13.1. The summed E-state index contributed by atoms with van der Waals surface area (Å²) < 4.78 is 78.5. The van der Waals surface area contributed by atoms with Crippen molar-refractivity contribution in [3.63, 3.8) is 0 Å². The number of ether oxygens (including phenoxy) is 14. The molecule has 0 spiro atoms. The van der Waals surface area contributed by atoms with Crippen LogP contribution in [0.3, 0.4) is 0 Å². The van der Waals surface area contributed by atoms with Gasteiger partial charge in [-0.15, -0.1) is 0 Å². The molecule has 0 aromatic heterocycles. The highest BCUT2D eigenvalue weighted by molar-refractivity contribution is 5.91. The normalized spacial score (nSPS) is 51.0. The Balaban J connectivity index is 1.23. The molecule has 0 unspecified atom stereocenters. The summed E-state index contributed by atoms with van der Waals surface area (Å²) in [5.74, 6) is -2.52. The lowest BCUT2D eigenvalue weighted by Gasteiger charge is -2.51. The fourth-order valence-corrected chi connectivity index (χ4v) is 9.43. The molecule has 22 saturated heterocycles. The highest BCUT2D eigenvalue weighted by atomic mass is 16.8. The lowest BCUT2D eigenvalue weighted by Crippen LogP contribution is -2.69. The van der Waals surface area contributed by atoms with Crippen LogP contribution in [0, 0.1) is 0 Å². The molecule has 22 aliphatic rings. The number of esters is 2. The Hall–Kier alpha value is -2.22. The molecule has 73 heavy (non-hydrogen) atoms. The van der Waals surface area contributed by atoms with Gasteiger partial charge in [0, 0.05) is 0 Å². The van der Waals surface area contributed by atoms with Crippen LogP contribution in [0.2, 0.25) is 0 Å². The van der Waals surface area contributed by atoms with Gasteiger partial charge in [0.25, 0.3) is 0 Å². The van der Waals surface area contributed by atoms with Gasteiger partial charge in [-0.1, -0.05) is 0 Å². The van der Waals surface area contributed by atoms with Crippen LogP contribution in [-0.4, -0.2) is 330 Å². The summed E-state index contributed by atoms with van der Waals surface area (Å²) in [5, 5.41) is 187. The van der Waals surface area contributed by atoms with E-state index in [1.54, 1.807) is 0 Å². The first-order chi connectivity index (χ1) is 34.7. The highest BCUT2D eigenvalue weighted by Crippen LogP contribution is 2.38. The molecule has 30 atom stereocenters. The van der Waals surface area contributed by atoms with Crippen molar-refractivity contribution in [3.05, 3.63) is 0 Å². The van der Waals surface area contributed by atoms with E-state index in [4.69, 9.17) is 61.6 Å². The first-order valence-electron chi connectivity index (χ1n) is 23.0. The number of hydrogen-bond donors (Lipinski definition) is 17. The molecule has 0 aromatic rings. The van der Waals surface area contributed by atoms with Crippen LogP contribution < -0.4 is 0 Å². The van der Waals surface area contributed by atoms with Gasteiger partial charge >= 0.3 is 11.9 Å². The fraction of sp³-hybridized carbons (Fsp3) is 0.950. The minimum atomic E-state index is -2.30. The summed E-state index contributed by atoms with van der Waals surface area (Å²) in [4.78, 5) is 25.1. The van der Waals surface area contributed by atoms with Crippen molar-refractivity contribution >= 4 is 11.9 Å². The van der Waals surface area contributed by atoms with Gasteiger partial charge in [0.15, 0.2) is 43.8 Å². The molecule has 0 aliphatic carbocycles. The Morgan fingerprint density at radius 2 is 0.534 bits per heavy atom. The van der Waals surface area contributed by atoms with Gasteiger partial charge in [0.1, 0.15) is 147 Å². The van der Waals surface area contributed by atoms with Crippen molar-refractivity contribution in [2.24, 2.45) is 0 Å². The summed E-state index contributed by atoms with van der Waals surface area (Å²) >= 11 is 0. The maximum Gasteiger partial charge on any atom is 0.317 e. The van der Waals surface area contributed by atoms with E-state index in [0.717, 1.165) is 7.11 Å². The Morgan fingerprint density at radius 1 is 0.315 bits per heavy atom. The smallest absolute Gasteiger partial charge is 0.317 e. The molecule has 22 heterocycles. The van der Waals surface area contributed by atoms with Crippen molar-refractivity contribution in [2.75, 3.05) is 46.8 Å². The largest absolute Gasteiger partial charge is 0.469 e. The molecule has 422 valence electrons. The zero-order valence-electron chi connectivity index (χ0n) is 38.4. The quantitative estimate of drug-likeness (QED) is 0.0753. The molecule has 22 rings (SSSR count). The SMILES string of the molecule is COC(=O)CC(=O)O[C@@H]1[C@@H](O)[C@H]2O[C@H]3[C@H](O)[C@@H](O)[C@@H](O[C@H]4[C@H](O)[C@@H](O)[C@@H](O[C@H]5[C@H](O)[C@@H](O)[C@@H](O[C@H]6[C@H](O)[C@@H](O)[C@@H](O[C@H]7[C@H](O)[C@@H](O)[C@@H](O[C@H]1[C@@H](CO)O2)O[C@@H]7CO)O[C@@H]6CO)O[C@@H]5CO)O[C@@H]4CO)O[C@@H]3CO. The molecule has 0 aromatic carbocycles. The highest BCUT2D eigenvalue weighted by Gasteiger charge is 2.59. The molecule has 33 heteroatoms. The van der Waals surface area contributed by atoms with Crippen molar-refractivity contribution in [1.29, 1.82) is 0 Å². The molecule has 33 nitrogen and oxygen atoms in total. The minimum absolute atomic E-state index is 0.938. The molecule has 0 saturated carbocycles. The number of carbonyl (C=O) groups is 2. The topological polar surface area (TPSA) is 507 Å². The van der Waals surface area contributed by atoms with E-state index in [1.807, 2.05) is 0 Å². The number of rotatable bonds is 9. The summed E-state index contributed by atoms with van der Waals surface area (Å²) in [5.41, 5.74) is 0. The van der Waals surface area contributed by atoms with Crippen LogP contribution in [-0.2, 0) is 75.9 Å². The Kier molecular flexibility index (Phi) is 20.1. The van der Waals surface area contributed by atoms with Gasteiger partial charge in [-0.05, 0) is 0 Å². The molecule has 12 bridgehead atoms. The van der Waals surface area contributed by atoms with Gasteiger partial charge in [-0.25, -0.2) is 0 Å². The zero-order valence-corrected chi connectivity index (χ0v) is 38.4. The van der Waals surface area contributed by atoms with Crippen molar-refractivity contribution < 1.29 is 163 Å². The lowest BCUT2D eigenvalue weighted by molar-refractivity contribution is -0.404. The molecule has 22 fully saturated rings. The molecular weight excluding hydrogens is 1010 g/mol. The number of aliphatic hydroxyl groups is 17. The van der Waals surface area contributed by atoms with Crippen molar-refractivity contribution in [3.8, 4) is 0 Å². The summed E-state index contributed by atoms with van der Waals surface area (Å²) in [6, 6.07) is 0. The molecular formula is C40H64O33. The van der Waals surface area contributed by atoms with Gasteiger partial charge in [0.2, 0.25) is 0 Å². The second-order valence-electron chi connectivity index (χ2n) is 18.1. The number of methoxy groups -OCH3 is 1. The lowest BCUT2D eigenvalue weighted by atomic mass is 9.94. The summed E-state index contributed by atoms with van der Waals surface area (Å²) in [7, 11) is 0.938. The first-order valence-corrected chi connectivity index (χ1v) is 23.0. The second kappa shape index (κ2) is 25.1. The number of hydrogen-bond acceptors (Lipinski definition) is 33.